The molecule has 1 amide bonds. The van der Waals surface area contributed by atoms with Crippen LogP contribution in [-0.4, -0.2) is 19.1 Å². The van der Waals surface area contributed by atoms with Crippen LogP contribution in [0, 0.1) is 5.82 Å². The van der Waals surface area contributed by atoms with Crippen molar-refractivity contribution in [2.45, 2.75) is 19.8 Å². The Morgan fingerprint density at radius 2 is 2.29 bits per heavy atom. The van der Waals surface area contributed by atoms with E-state index < -0.39 is 5.82 Å². The summed E-state index contributed by atoms with van der Waals surface area (Å²) in [5.41, 5.74) is 5.72. The van der Waals surface area contributed by atoms with E-state index in [1.165, 1.54) is 18.2 Å². The van der Waals surface area contributed by atoms with Crippen molar-refractivity contribution in [1.82, 2.24) is 5.32 Å². The number of carbonyl (C=O) groups excluding carboxylic acids is 1. The van der Waals surface area contributed by atoms with Crippen molar-refractivity contribution in [3.63, 3.8) is 0 Å². The standard InChI is InChI=1S/C12H17FN2O2/c1-2-3-7-15-11(16)8-17-12-9(13)5-4-6-10(12)14/h4-6H,2-3,7-8,14H2,1H3,(H,15,16). The molecule has 0 saturated heterocycles. The van der Waals surface area contributed by atoms with Crippen LogP contribution in [0.1, 0.15) is 19.8 Å². The second kappa shape index (κ2) is 6.73. The zero-order valence-electron chi connectivity index (χ0n) is 9.83. The minimum Gasteiger partial charge on any atom is -0.479 e. The molecule has 0 aliphatic carbocycles. The lowest BCUT2D eigenvalue weighted by Gasteiger charge is -2.09. The maximum absolute atomic E-state index is 13.3. The Kier molecular flexibility index (Phi) is 5.26. The van der Waals surface area contributed by atoms with Crippen LogP contribution < -0.4 is 15.8 Å². The van der Waals surface area contributed by atoms with E-state index in [4.69, 9.17) is 10.5 Å². The van der Waals surface area contributed by atoms with E-state index in [1.54, 1.807) is 0 Å². The van der Waals surface area contributed by atoms with Gasteiger partial charge in [-0.05, 0) is 18.6 Å². The number of rotatable bonds is 6. The van der Waals surface area contributed by atoms with Crippen molar-refractivity contribution in [1.29, 1.82) is 0 Å². The van der Waals surface area contributed by atoms with Gasteiger partial charge < -0.3 is 15.8 Å². The number of nitrogens with two attached hydrogens (primary N) is 1. The molecule has 1 aromatic carbocycles. The van der Waals surface area contributed by atoms with Gasteiger partial charge in [-0.3, -0.25) is 4.79 Å². The Labute approximate surface area is 100.0 Å². The predicted octanol–water partition coefficient (Wildman–Crippen LogP) is 1.70. The monoisotopic (exact) mass is 240 g/mol. The first-order chi connectivity index (χ1) is 8.15. The number of hydrogen-bond donors (Lipinski definition) is 2. The predicted molar refractivity (Wildman–Crippen MR) is 64.2 cm³/mol. The maximum Gasteiger partial charge on any atom is 0.257 e. The highest BCUT2D eigenvalue weighted by Gasteiger charge is 2.09. The number of amides is 1. The smallest absolute Gasteiger partial charge is 0.257 e. The molecule has 0 aromatic heterocycles. The van der Waals surface area contributed by atoms with Crippen molar-refractivity contribution in [3.8, 4) is 5.75 Å². The molecule has 0 atom stereocenters. The van der Waals surface area contributed by atoms with Gasteiger partial charge in [0.15, 0.2) is 18.2 Å². The molecule has 0 bridgehead atoms. The summed E-state index contributed by atoms with van der Waals surface area (Å²) in [6.45, 7) is 2.41. The van der Waals surface area contributed by atoms with Crippen LogP contribution in [0.15, 0.2) is 18.2 Å². The molecular formula is C12H17FN2O2. The van der Waals surface area contributed by atoms with Gasteiger partial charge in [-0.15, -0.1) is 0 Å². The van der Waals surface area contributed by atoms with E-state index in [9.17, 15) is 9.18 Å². The molecule has 1 aromatic rings. The zero-order chi connectivity index (χ0) is 12.7. The maximum atomic E-state index is 13.3. The number of benzene rings is 1. The SMILES string of the molecule is CCCCNC(=O)COc1c(N)cccc1F. The number of nitrogens with one attached hydrogen (secondary N) is 1. The van der Waals surface area contributed by atoms with Gasteiger partial charge in [0.2, 0.25) is 0 Å². The number of para-hydroxylation sites is 1. The van der Waals surface area contributed by atoms with Crippen molar-refractivity contribution in [2.75, 3.05) is 18.9 Å². The molecule has 0 spiro atoms. The minimum atomic E-state index is -0.564. The first-order valence-electron chi connectivity index (χ1n) is 5.58. The summed E-state index contributed by atoms with van der Waals surface area (Å²) in [5, 5.41) is 2.67. The third-order valence-corrected chi connectivity index (χ3v) is 2.20. The van der Waals surface area contributed by atoms with Crippen LogP contribution in [0.4, 0.5) is 10.1 Å². The molecule has 0 aliphatic heterocycles. The molecule has 4 nitrogen and oxygen atoms in total. The molecule has 0 aliphatic rings. The third-order valence-electron chi connectivity index (χ3n) is 2.20. The number of unbranched alkanes of at least 4 members (excludes halogenated alkanes) is 1. The fourth-order valence-electron chi connectivity index (χ4n) is 1.27. The highest BCUT2D eigenvalue weighted by Crippen LogP contribution is 2.24. The molecule has 0 unspecified atom stereocenters. The fraction of sp³-hybridized carbons (Fsp3) is 0.417. The topological polar surface area (TPSA) is 64.3 Å². The molecule has 0 heterocycles. The lowest BCUT2D eigenvalue weighted by molar-refractivity contribution is -0.123. The second-order valence-electron chi connectivity index (χ2n) is 3.65. The number of nitrogen functional groups attached to an aromatic ring is 1. The number of anilines is 1. The van der Waals surface area contributed by atoms with Crippen LogP contribution in [-0.2, 0) is 4.79 Å². The summed E-state index contributed by atoms with van der Waals surface area (Å²) in [4.78, 5) is 11.3. The normalized spacial score (nSPS) is 10.0. The molecule has 3 N–H and O–H groups in total. The van der Waals surface area contributed by atoms with E-state index in [0.29, 0.717) is 6.54 Å². The quantitative estimate of drug-likeness (QED) is 0.587. The van der Waals surface area contributed by atoms with Gasteiger partial charge in [-0.1, -0.05) is 19.4 Å². The van der Waals surface area contributed by atoms with Crippen LogP contribution >= 0.6 is 0 Å². The molecule has 0 fully saturated rings. The number of halogens is 1. The highest BCUT2D eigenvalue weighted by atomic mass is 19.1. The average molecular weight is 240 g/mol. The summed E-state index contributed by atoms with van der Waals surface area (Å²) in [6, 6.07) is 4.24. The average Bonchev–Trinajstić information content (AvgIpc) is 2.29. The fourth-order valence-corrected chi connectivity index (χ4v) is 1.27. The first kappa shape index (κ1) is 13.3. The second-order valence-corrected chi connectivity index (χ2v) is 3.65. The van der Waals surface area contributed by atoms with E-state index in [0.717, 1.165) is 12.8 Å². The van der Waals surface area contributed by atoms with Crippen LogP contribution in [0.2, 0.25) is 0 Å². The third kappa shape index (κ3) is 4.30. The number of ether oxygens (including phenoxy) is 1. The van der Waals surface area contributed by atoms with Gasteiger partial charge >= 0.3 is 0 Å². The van der Waals surface area contributed by atoms with E-state index in [1.807, 2.05) is 6.92 Å². The van der Waals surface area contributed by atoms with Gasteiger partial charge in [0.1, 0.15) is 0 Å². The number of hydrogen-bond acceptors (Lipinski definition) is 3. The molecule has 17 heavy (non-hydrogen) atoms. The molecule has 0 radical (unpaired) electrons. The minimum absolute atomic E-state index is 0.0712. The summed E-state index contributed by atoms with van der Waals surface area (Å²) in [6.07, 6.45) is 1.91. The van der Waals surface area contributed by atoms with Crippen molar-refractivity contribution < 1.29 is 13.9 Å². The van der Waals surface area contributed by atoms with Crippen LogP contribution in [0.25, 0.3) is 0 Å². The van der Waals surface area contributed by atoms with Crippen LogP contribution in [0.3, 0.4) is 0 Å². The van der Waals surface area contributed by atoms with E-state index in [2.05, 4.69) is 5.32 Å². The molecule has 1 rings (SSSR count). The summed E-state index contributed by atoms with van der Waals surface area (Å²) < 4.78 is 18.3. The first-order valence-corrected chi connectivity index (χ1v) is 5.58. The molecule has 94 valence electrons. The van der Waals surface area contributed by atoms with Gasteiger partial charge in [-0.25, -0.2) is 4.39 Å². The van der Waals surface area contributed by atoms with Gasteiger partial charge in [-0.2, -0.15) is 0 Å². The summed E-state index contributed by atoms with van der Waals surface area (Å²) >= 11 is 0. The lowest BCUT2D eigenvalue weighted by atomic mass is 10.3. The van der Waals surface area contributed by atoms with Crippen molar-refractivity contribution >= 4 is 11.6 Å². The Hall–Kier alpha value is -1.78. The Morgan fingerprint density at radius 3 is 2.94 bits per heavy atom. The highest BCUT2D eigenvalue weighted by molar-refractivity contribution is 5.77. The Bertz CT molecular complexity index is 363. The van der Waals surface area contributed by atoms with Gasteiger partial charge in [0.05, 0.1) is 5.69 Å². The zero-order valence-corrected chi connectivity index (χ0v) is 9.83. The molecule has 0 saturated carbocycles. The lowest BCUT2D eigenvalue weighted by Crippen LogP contribution is -2.29. The van der Waals surface area contributed by atoms with E-state index >= 15 is 0 Å². The van der Waals surface area contributed by atoms with Crippen LogP contribution in [0.5, 0.6) is 5.75 Å². The van der Waals surface area contributed by atoms with Gasteiger partial charge in [0.25, 0.3) is 5.91 Å². The van der Waals surface area contributed by atoms with Crippen molar-refractivity contribution in [2.24, 2.45) is 0 Å². The Balaban J connectivity index is 2.42. The largest absolute Gasteiger partial charge is 0.479 e. The van der Waals surface area contributed by atoms with Crippen molar-refractivity contribution in [3.05, 3.63) is 24.0 Å². The van der Waals surface area contributed by atoms with Gasteiger partial charge in [0, 0.05) is 6.54 Å². The summed E-state index contributed by atoms with van der Waals surface area (Å²) in [5.74, 6) is -0.911. The Morgan fingerprint density at radius 1 is 1.53 bits per heavy atom. The summed E-state index contributed by atoms with van der Waals surface area (Å²) in [7, 11) is 0. The number of carbonyl (C=O) groups is 1. The van der Waals surface area contributed by atoms with E-state index in [-0.39, 0.29) is 24.0 Å². The molecule has 5 heteroatoms. The molecular weight excluding hydrogens is 223 g/mol.